The van der Waals surface area contributed by atoms with Crippen LogP contribution in [0.3, 0.4) is 0 Å². The highest BCUT2D eigenvalue weighted by atomic mass is 19.4. The molecule has 3 atom stereocenters. The van der Waals surface area contributed by atoms with E-state index in [0.29, 0.717) is 56.5 Å². The van der Waals surface area contributed by atoms with E-state index in [2.05, 4.69) is 5.32 Å². The molecule has 1 N–H and O–H groups in total. The number of halogens is 7. The van der Waals surface area contributed by atoms with Crippen LogP contribution in [0.5, 0.6) is 0 Å². The quantitative estimate of drug-likeness (QED) is 0.408. The molecule has 12 heteroatoms. The van der Waals surface area contributed by atoms with Crippen molar-refractivity contribution in [2.75, 3.05) is 19.6 Å². The topological polar surface area (TPSA) is 52.7 Å². The molecule has 2 aliphatic rings. The molecule has 2 saturated heterocycles. The van der Waals surface area contributed by atoms with Crippen LogP contribution in [0.15, 0.2) is 36.4 Å². The molecular formula is C28H30F7N3O2. The van der Waals surface area contributed by atoms with Crippen LogP contribution in [0.25, 0.3) is 0 Å². The SMILES string of the molecule is Cc1cc(F)ccc1C1C[C@@H](C(=O)NC[C@@H](C)c2cc(C(F)(F)F)cc(C(F)(F)F)c2)CCN1N1CCCC1=O. The summed E-state index contributed by atoms with van der Waals surface area (Å²) in [5.74, 6) is -2.17. The van der Waals surface area contributed by atoms with Crippen LogP contribution < -0.4 is 5.32 Å². The van der Waals surface area contributed by atoms with E-state index >= 15 is 0 Å². The van der Waals surface area contributed by atoms with Gasteiger partial charge in [-0.2, -0.15) is 26.3 Å². The van der Waals surface area contributed by atoms with Gasteiger partial charge in [0.15, 0.2) is 0 Å². The number of nitrogens with zero attached hydrogens (tertiary/aromatic N) is 2. The average molecular weight is 574 g/mol. The lowest BCUT2D eigenvalue weighted by Gasteiger charge is -2.44. The molecule has 2 heterocycles. The van der Waals surface area contributed by atoms with Crippen molar-refractivity contribution in [3.05, 3.63) is 70.0 Å². The van der Waals surface area contributed by atoms with E-state index in [4.69, 9.17) is 0 Å². The zero-order chi connectivity index (χ0) is 29.4. The Bertz CT molecular complexity index is 1230. The largest absolute Gasteiger partial charge is 0.416 e. The fraction of sp³-hybridized carbons (Fsp3) is 0.500. The van der Waals surface area contributed by atoms with Crippen molar-refractivity contribution < 1.29 is 40.3 Å². The number of rotatable bonds is 6. The summed E-state index contributed by atoms with van der Waals surface area (Å²) in [5.41, 5.74) is -1.56. The third-order valence-electron chi connectivity index (χ3n) is 7.66. The average Bonchev–Trinajstić information content (AvgIpc) is 3.31. The number of amides is 2. The van der Waals surface area contributed by atoms with Crippen molar-refractivity contribution in [3.63, 3.8) is 0 Å². The number of hydrazine groups is 1. The predicted molar refractivity (Wildman–Crippen MR) is 132 cm³/mol. The lowest BCUT2D eigenvalue weighted by molar-refractivity contribution is -0.154. The maximum Gasteiger partial charge on any atom is 0.416 e. The summed E-state index contributed by atoms with van der Waals surface area (Å²) in [6.07, 6.45) is -8.11. The van der Waals surface area contributed by atoms with Crippen LogP contribution in [0.4, 0.5) is 30.7 Å². The number of hydrogen-bond donors (Lipinski definition) is 1. The Morgan fingerprint density at radius 3 is 2.23 bits per heavy atom. The summed E-state index contributed by atoms with van der Waals surface area (Å²) >= 11 is 0. The van der Waals surface area contributed by atoms with Gasteiger partial charge in [0.2, 0.25) is 11.8 Å². The van der Waals surface area contributed by atoms with Gasteiger partial charge in [0.05, 0.1) is 17.2 Å². The van der Waals surface area contributed by atoms with Crippen molar-refractivity contribution in [1.29, 1.82) is 0 Å². The van der Waals surface area contributed by atoms with E-state index in [9.17, 15) is 40.3 Å². The maximum atomic E-state index is 13.8. The number of nitrogens with one attached hydrogen (secondary N) is 1. The Balaban J connectivity index is 1.50. The molecule has 2 aromatic carbocycles. The molecule has 0 aromatic heterocycles. The molecule has 2 aromatic rings. The Labute approximate surface area is 227 Å². The normalized spacial score (nSPS) is 21.5. The maximum absolute atomic E-state index is 13.8. The molecule has 5 nitrogen and oxygen atoms in total. The van der Waals surface area contributed by atoms with E-state index in [0.717, 1.165) is 5.56 Å². The van der Waals surface area contributed by atoms with E-state index in [1.54, 1.807) is 18.0 Å². The number of alkyl halides is 6. The first-order valence-electron chi connectivity index (χ1n) is 13.0. The number of aryl methyl sites for hydroxylation is 1. The van der Waals surface area contributed by atoms with Crippen LogP contribution in [-0.2, 0) is 21.9 Å². The highest BCUT2D eigenvalue weighted by Crippen LogP contribution is 2.39. The molecule has 2 amide bonds. The Morgan fingerprint density at radius 1 is 1.02 bits per heavy atom. The third kappa shape index (κ3) is 6.59. The molecule has 0 aliphatic carbocycles. The van der Waals surface area contributed by atoms with Gasteiger partial charge in [-0.05, 0) is 79.1 Å². The molecule has 1 unspecified atom stereocenters. The van der Waals surface area contributed by atoms with Crippen molar-refractivity contribution in [3.8, 4) is 0 Å². The van der Waals surface area contributed by atoms with Gasteiger partial charge in [-0.1, -0.05) is 13.0 Å². The minimum absolute atomic E-state index is 0.0270. The van der Waals surface area contributed by atoms with Gasteiger partial charge in [-0.15, -0.1) is 0 Å². The van der Waals surface area contributed by atoms with Crippen molar-refractivity contribution >= 4 is 11.8 Å². The van der Waals surface area contributed by atoms with Crippen molar-refractivity contribution in [2.45, 2.75) is 63.8 Å². The summed E-state index contributed by atoms with van der Waals surface area (Å²) in [5, 5.41) is 6.29. The molecule has 218 valence electrons. The van der Waals surface area contributed by atoms with Crippen molar-refractivity contribution in [1.82, 2.24) is 15.3 Å². The molecular weight excluding hydrogens is 543 g/mol. The second-order valence-electron chi connectivity index (χ2n) is 10.5. The summed E-state index contributed by atoms with van der Waals surface area (Å²) in [6, 6.07) is 5.37. The Kier molecular flexibility index (Phi) is 8.49. The highest BCUT2D eigenvalue weighted by Gasteiger charge is 2.40. The highest BCUT2D eigenvalue weighted by molar-refractivity contribution is 5.79. The number of carbonyl (C=O) groups excluding carboxylic acids is 2. The van der Waals surface area contributed by atoms with Crippen LogP contribution in [0.1, 0.15) is 72.4 Å². The van der Waals surface area contributed by atoms with E-state index < -0.39 is 41.1 Å². The van der Waals surface area contributed by atoms with Gasteiger partial charge >= 0.3 is 12.4 Å². The van der Waals surface area contributed by atoms with Gasteiger partial charge in [-0.25, -0.2) is 9.40 Å². The summed E-state index contributed by atoms with van der Waals surface area (Å²) in [7, 11) is 0. The van der Waals surface area contributed by atoms with Gasteiger partial charge in [0, 0.05) is 32.0 Å². The third-order valence-corrected chi connectivity index (χ3v) is 7.66. The summed E-state index contributed by atoms with van der Waals surface area (Å²) in [6.45, 7) is 3.95. The smallest absolute Gasteiger partial charge is 0.355 e. The standard InChI is InChI=1S/C28H30F7N3O2/c1-16-10-22(29)5-6-23(16)24-13-18(7-9-37(24)38-8-3-4-25(38)39)26(40)36-15-17(2)19-11-20(27(30,31)32)14-21(12-19)28(33,34)35/h5-6,10-12,14,17-18,24H,3-4,7-9,13,15H2,1-2H3,(H,36,40)/t17-,18+,24?/m1/s1. The lowest BCUT2D eigenvalue weighted by atomic mass is 9.85. The first kappa shape index (κ1) is 29.8. The fourth-order valence-electron chi connectivity index (χ4n) is 5.47. The first-order valence-corrected chi connectivity index (χ1v) is 13.0. The summed E-state index contributed by atoms with van der Waals surface area (Å²) in [4.78, 5) is 25.7. The molecule has 4 rings (SSSR count). The number of hydrogen-bond acceptors (Lipinski definition) is 3. The van der Waals surface area contributed by atoms with Gasteiger partial charge in [0.1, 0.15) is 5.82 Å². The monoisotopic (exact) mass is 573 g/mol. The van der Waals surface area contributed by atoms with E-state index in [1.807, 2.05) is 5.01 Å². The zero-order valence-corrected chi connectivity index (χ0v) is 22.0. The molecule has 0 bridgehead atoms. The number of carbonyl (C=O) groups is 2. The lowest BCUT2D eigenvalue weighted by Crippen LogP contribution is -2.51. The van der Waals surface area contributed by atoms with Crippen LogP contribution in [0, 0.1) is 18.7 Å². The molecule has 40 heavy (non-hydrogen) atoms. The summed E-state index contributed by atoms with van der Waals surface area (Å²) < 4.78 is 93.4. The van der Waals surface area contributed by atoms with Crippen LogP contribution in [0.2, 0.25) is 0 Å². The fourth-order valence-corrected chi connectivity index (χ4v) is 5.47. The zero-order valence-electron chi connectivity index (χ0n) is 22.0. The molecule has 0 saturated carbocycles. The predicted octanol–water partition coefficient (Wildman–Crippen LogP) is 6.38. The molecule has 2 fully saturated rings. The van der Waals surface area contributed by atoms with Gasteiger partial charge < -0.3 is 5.32 Å². The molecule has 0 radical (unpaired) electrons. The Morgan fingerprint density at radius 2 is 1.68 bits per heavy atom. The first-order chi connectivity index (χ1) is 18.6. The van der Waals surface area contributed by atoms with Gasteiger partial charge in [-0.3, -0.25) is 14.6 Å². The number of benzene rings is 2. The molecule has 0 spiro atoms. The minimum atomic E-state index is -4.96. The molecule has 2 aliphatic heterocycles. The van der Waals surface area contributed by atoms with Crippen molar-refractivity contribution in [2.24, 2.45) is 5.92 Å². The van der Waals surface area contributed by atoms with Crippen LogP contribution in [-0.4, -0.2) is 41.5 Å². The van der Waals surface area contributed by atoms with E-state index in [-0.39, 0.29) is 36.0 Å². The number of piperidine rings is 1. The second-order valence-corrected chi connectivity index (χ2v) is 10.5. The van der Waals surface area contributed by atoms with Crippen LogP contribution >= 0.6 is 0 Å². The second kappa shape index (κ2) is 11.4. The van der Waals surface area contributed by atoms with Gasteiger partial charge in [0.25, 0.3) is 0 Å². The minimum Gasteiger partial charge on any atom is -0.355 e. The Hall–Kier alpha value is -3.15. The van der Waals surface area contributed by atoms with E-state index in [1.165, 1.54) is 19.1 Å².